The summed E-state index contributed by atoms with van der Waals surface area (Å²) in [5, 5.41) is 19.0. The fraction of sp³-hybridized carbons (Fsp3) is 0.750. The number of hydrogen-bond donors (Lipinski definition) is 2. The van der Waals surface area contributed by atoms with Crippen molar-refractivity contribution in [3.8, 4) is 0 Å². The zero-order chi connectivity index (χ0) is 12.0. The zero-order valence-corrected chi connectivity index (χ0v) is 9.81. The van der Waals surface area contributed by atoms with E-state index < -0.39 is 12.2 Å². The average Bonchev–Trinajstić information content (AvgIpc) is 2.15. The molecule has 0 amide bonds. The summed E-state index contributed by atoms with van der Waals surface area (Å²) in [6.07, 6.45) is 0.546. The van der Waals surface area contributed by atoms with Crippen LogP contribution in [0.4, 0.5) is 0 Å². The number of carbonyl (C=O) groups is 1. The van der Waals surface area contributed by atoms with E-state index in [1.807, 2.05) is 20.8 Å². The van der Waals surface area contributed by atoms with Crippen molar-refractivity contribution in [2.75, 3.05) is 0 Å². The van der Waals surface area contributed by atoms with E-state index in [0.29, 0.717) is 0 Å². The minimum absolute atomic E-state index is 0.0721. The van der Waals surface area contributed by atoms with Gasteiger partial charge in [0.1, 0.15) is 5.78 Å². The molecule has 0 radical (unpaired) electrons. The summed E-state index contributed by atoms with van der Waals surface area (Å²) in [4.78, 5) is 11.4. The lowest BCUT2D eigenvalue weighted by Gasteiger charge is -2.17. The number of ketones is 1. The average molecular weight is 214 g/mol. The monoisotopic (exact) mass is 214 g/mol. The summed E-state index contributed by atoms with van der Waals surface area (Å²) in [6, 6.07) is 0. The lowest BCUT2D eigenvalue weighted by molar-refractivity contribution is -0.123. The molecule has 3 nitrogen and oxygen atoms in total. The third-order valence-corrected chi connectivity index (χ3v) is 2.62. The molecule has 0 saturated heterocycles. The molecule has 0 aliphatic carbocycles. The minimum Gasteiger partial charge on any atom is -0.392 e. The van der Waals surface area contributed by atoms with Gasteiger partial charge in [0.25, 0.3) is 0 Å². The Balaban J connectivity index is 3.98. The minimum atomic E-state index is -0.686. The standard InChI is InChI=1S/C12H22O3/c1-5-9(4)12(15)7-10(13)6-11(14)8(2)3/h5,8-9,11-12,14-15H,1,6-7H2,2-4H3/t9-,11+,12+/m1/s1. The van der Waals surface area contributed by atoms with Crippen LogP contribution in [0.3, 0.4) is 0 Å². The highest BCUT2D eigenvalue weighted by Gasteiger charge is 2.19. The Morgan fingerprint density at radius 3 is 2.07 bits per heavy atom. The smallest absolute Gasteiger partial charge is 0.138 e. The van der Waals surface area contributed by atoms with Crippen LogP contribution >= 0.6 is 0 Å². The Bertz CT molecular complexity index is 211. The third-order valence-electron chi connectivity index (χ3n) is 2.62. The van der Waals surface area contributed by atoms with E-state index in [2.05, 4.69) is 6.58 Å². The number of carbonyl (C=O) groups excluding carboxylic acids is 1. The molecule has 3 heteroatoms. The van der Waals surface area contributed by atoms with Gasteiger partial charge in [-0.3, -0.25) is 4.79 Å². The van der Waals surface area contributed by atoms with E-state index in [9.17, 15) is 15.0 Å². The molecular weight excluding hydrogens is 192 g/mol. The molecular formula is C12H22O3. The van der Waals surface area contributed by atoms with Crippen LogP contribution in [0, 0.1) is 11.8 Å². The second kappa shape index (κ2) is 6.75. The van der Waals surface area contributed by atoms with Gasteiger partial charge in [-0.05, 0) is 5.92 Å². The van der Waals surface area contributed by atoms with Crippen molar-refractivity contribution in [2.24, 2.45) is 11.8 Å². The second-order valence-corrected chi connectivity index (χ2v) is 4.42. The largest absolute Gasteiger partial charge is 0.392 e. The van der Waals surface area contributed by atoms with Gasteiger partial charge in [0.05, 0.1) is 12.2 Å². The number of aliphatic hydroxyl groups is 2. The normalized spacial score (nSPS) is 17.2. The van der Waals surface area contributed by atoms with Crippen molar-refractivity contribution in [2.45, 2.75) is 45.8 Å². The molecule has 15 heavy (non-hydrogen) atoms. The highest BCUT2D eigenvalue weighted by molar-refractivity contribution is 5.79. The quantitative estimate of drug-likeness (QED) is 0.632. The number of rotatable bonds is 7. The van der Waals surface area contributed by atoms with Crippen LogP contribution in [-0.4, -0.2) is 28.2 Å². The Morgan fingerprint density at radius 1 is 1.20 bits per heavy atom. The van der Waals surface area contributed by atoms with E-state index in [4.69, 9.17) is 0 Å². The summed E-state index contributed by atoms with van der Waals surface area (Å²) < 4.78 is 0. The number of hydrogen-bond acceptors (Lipinski definition) is 3. The van der Waals surface area contributed by atoms with Gasteiger partial charge in [-0.25, -0.2) is 0 Å². The Kier molecular flexibility index (Phi) is 6.45. The molecule has 0 unspecified atom stereocenters. The Labute approximate surface area is 91.8 Å². The molecule has 0 saturated carbocycles. The first-order valence-electron chi connectivity index (χ1n) is 5.38. The van der Waals surface area contributed by atoms with Crippen LogP contribution < -0.4 is 0 Å². The summed E-state index contributed by atoms with van der Waals surface area (Å²) in [5.74, 6) is -0.120. The van der Waals surface area contributed by atoms with Crippen LogP contribution in [0.2, 0.25) is 0 Å². The molecule has 0 aliphatic rings. The summed E-state index contributed by atoms with van der Waals surface area (Å²) in [5.41, 5.74) is 0. The van der Waals surface area contributed by atoms with Gasteiger partial charge in [0.15, 0.2) is 0 Å². The first-order chi connectivity index (χ1) is 6.88. The molecule has 0 aromatic rings. The number of Topliss-reactive ketones (excluding diaryl/α,β-unsaturated/α-hetero) is 1. The molecule has 0 fully saturated rings. The van der Waals surface area contributed by atoms with Crippen LogP contribution in [0.25, 0.3) is 0 Å². The SMILES string of the molecule is C=C[C@@H](C)[C@@H](O)CC(=O)C[C@H](O)C(C)C. The van der Waals surface area contributed by atoms with E-state index in [-0.39, 0.29) is 30.5 Å². The lowest BCUT2D eigenvalue weighted by Crippen LogP contribution is -2.24. The van der Waals surface area contributed by atoms with Gasteiger partial charge >= 0.3 is 0 Å². The van der Waals surface area contributed by atoms with Crippen LogP contribution in [-0.2, 0) is 4.79 Å². The van der Waals surface area contributed by atoms with Crippen LogP contribution in [0.5, 0.6) is 0 Å². The second-order valence-electron chi connectivity index (χ2n) is 4.42. The molecule has 0 bridgehead atoms. The van der Waals surface area contributed by atoms with Crippen molar-refractivity contribution in [1.82, 2.24) is 0 Å². The van der Waals surface area contributed by atoms with Crippen molar-refractivity contribution < 1.29 is 15.0 Å². The molecule has 0 aromatic heterocycles. The maximum Gasteiger partial charge on any atom is 0.138 e. The molecule has 88 valence electrons. The molecule has 0 aliphatic heterocycles. The first kappa shape index (κ1) is 14.3. The van der Waals surface area contributed by atoms with E-state index in [1.54, 1.807) is 6.08 Å². The first-order valence-corrected chi connectivity index (χ1v) is 5.38. The van der Waals surface area contributed by atoms with Crippen LogP contribution in [0.15, 0.2) is 12.7 Å². The Morgan fingerprint density at radius 2 is 1.67 bits per heavy atom. The van der Waals surface area contributed by atoms with E-state index >= 15 is 0 Å². The van der Waals surface area contributed by atoms with Gasteiger partial charge in [0, 0.05) is 18.8 Å². The highest BCUT2D eigenvalue weighted by Crippen LogP contribution is 2.12. The van der Waals surface area contributed by atoms with E-state index in [0.717, 1.165) is 0 Å². The number of aliphatic hydroxyl groups excluding tert-OH is 2. The molecule has 0 aromatic carbocycles. The maximum absolute atomic E-state index is 11.4. The van der Waals surface area contributed by atoms with Crippen LogP contribution in [0.1, 0.15) is 33.6 Å². The van der Waals surface area contributed by atoms with Gasteiger partial charge in [-0.1, -0.05) is 26.8 Å². The van der Waals surface area contributed by atoms with Gasteiger partial charge < -0.3 is 10.2 Å². The van der Waals surface area contributed by atoms with Crippen molar-refractivity contribution in [1.29, 1.82) is 0 Å². The molecule has 0 rings (SSSR count). The predicted octanol–water partition coefficient (Wildman–Crippen LogP) is 1.54. The van der Waals surface area contributed by atoms with Crippen molar-refractivity contribution in [3.63, 3.8) is 0 Å². The summed E-state index contributed by atoms with van der Waals surface area (Å²) >= 11 is 0. The Hall–Kier alpha value is -0.670. The maximum atomic E-state index is 11.4. The summed E-state index contributed by atoms with van der Waals surface area (Å²) in [7, 11) is 0. The lowest BCUT2D eigenvalue weighted by atomic mass is 9.95. The fourth-order valence-electron chi connectivity index (χ4n) is 1.13. The topological polar surface area (TPSA) is 57.5 Å². The van der Waals surface area contributed by atoms with Gasteiger partial charge in [-0.15, -0.1) is 6.58 Å². The van der Waals surface area contributed by atoms with Gasteiger partial charge in [-0.2, -0.15) is 0 Å². The van der Waals surface area contributed by atoms with Gasteiger partial charge in [0.2, 0.25) is 0 Å². The third kappa shape index (κ3) is 5.70. The molecule has 0 spiro atoms. The highest BCUT2D eigenvalue weighted by atomic mass is 16.3. The zero-order valence-electron chi connectivity index (χ0n) is 9.81. The van der Waals surface area contributed by atoms with Crippen molar-refractivity contribution >= 4 is 5.78 Å². The molecule has 0 heterocycles. The molecule has 3 atom stereocenters. The predicted molar refractivity (Wildman–Crippen MR) is 60.5 cm³/mol. The van der Waals surface area contributed by atoms with E-state index in [1.165, 1.54) is 0 Å². The molecule has 2 N–H and O–H groups in total. The fourth-order valence-corrected chi connectivity index (χ4v) is 1.13. The summed E-state index contributed by atoms with van der Waals surface area (Å²) in [6.45, 7) is 9.09. The van der Waals surface area contributed by atoms with Crippen molar-refractivity contribution in [3.05, 3.63) is 12.7 Å².